The highest BCUT2D eigenvalue weighted by atomic mass is 19.3. The number of hydrogen-bond acceptors (Lipinski definition) is 5. The van der Waals surface area contributed by atoms with Gasteiger partial charge in [0.05, 0.1) is 0 Å². The number of rotatable bonds is 7. The average Bonchev–Trinajstić information content (AvgIpc) is 2.66. The first-order valence-corrected chi connectivity index (χ1v) is 8.30. The van der Waals surface area contributed by atoms with Crippen molar-refractivity contribution in [1.82, 2.24) is 10.6 Å². The van der Waals surface area contributed by atoms with E-state index >= 15 is 0 Å². The molecule has 0 aliphatic heterocycles. The molecule has 7 nitrogen and oxygen atoms in total. The van der Waals surface area contributed by atoms with Crippen LogP contribution < -0.4 is 15.4 Å². The predicted molar refractivity (Wildman–Crippen MR) is 94.9 cm³/mol. The molecule has 1 atom stereocenters. The lowest BCUT2D eigenvalue weighted by atomic mass is 10.1. The Balaban J connectivity index is 2.27. The molecule has 9 heteroatoms. The predicted octanol–water partition coefficient (Wildman–Crippen LogP) is 3.03. The molecule has 0 spiro atoms. The number of hydrogen-bond donors (Lipinski definition) is 2. The summed E-state index contributed by atoms with van der Waals surface area (Å²) >= 11 is 0. The number of halogens is 2. The lowest BCUT2D eigenvalue weighted by molar-refractivity contribution is -0.129. The van der Waals surface area contributed by atoms with E-state index in [1.807, 2.05) is 0 Å². The van der Waals surface area contributed by atoms with Gasteiger partial charge in [-0.15, -0.1) is 0 Å². The number of benzene rings is 2. The van der Waals surface area contributed by atoms with Gasteiger partial charge in [-0.25, -0.2) is 9.59 Å². The number of urea groups is 1. The Morgan fingerprint density at radius 3 is 2.29 bits per heavy atom. The zero-order chi connectivity index (χ0) is 20.5. The molecule has 0 aliphatic carbocycles. The van der Waals surface area contributed by atoms with E-state index in [2.05, 4.69) is 15.4 Å². The standard InChI is InChI=1S/C19H18F2N2O5/c1-2-22-19(26)23-16(24)15(12-8-4-3-5-9-12)28-17(25)13-10-6-7-11-14(13)27-18(20)21/h3-11,15,18H,2H2,1H3,(H2,22,23,24,26)/t15-/m0/s1. The summed E-state index contributed by atoms with van der Waals surface area (Å²) in [6.45, 7) is -1.19. The van der Waals surface area contributed by atoms with Gasteiger partial charge in [0.2, 0.25) is 6.10 Å². The van der Waals surface area contributed by atoms with Crippen molar-refractivity contribution < 1.29 is 32.6 Å². The number of alkyl halides is 2. The Morgan fingerprint density at radius 2 is 1.64 bits per heavy atom. The lowest BCUT2D eigenvalue weighted by Crippen LogP contribution is -2.42. The third-order valence-corrected chi connectivity index (χ3v) is 3.46. The van der Waals surface area contributed by atoms with Gasteiger partial charge in [0.15, 0.2) is 0 Å². The molecule has 0 aromatic heterocycles. The Kier molecular flexibility index (Phi) is 7.44. The minimum absolute atomic E-state index is 0.283. The fraction of sp³-hybridized carbons (Fsp3) is 0.211. The van der Waals surface area contributed by atoms with Crippen molar-refractivity contribution in [3.05, 3.63) is 65.7 Å². The highest BCUT2D eigenvalue weighted by molar-refractivity contribution is 5.99. The number of ether oxygens (including phenoxy) is 2. The number of esters is 1. The molecule has 2 rings (SSSR count). The first-order valence-electron chi connectivity index (χ1n) is 8.30. The van der Waals surface area contributed by atoms with Crippen LogP contribution in [0.5, 0.6) is 5.75 Å². The van der Waals surface area contributed by atoms with E-state index in [9.17, 15) is 23.2 Å². The van der Waals surface area contributed by atoms with Crippen LogP contribution >= 0.6 is 0 Å². The number of carbonyl (C=O) groups is 3. The van der Waals surface area contributed by atoms with Gasteiger partial charge in [-0.1, -0.05) is 42.5 Å². The molecule has 0 saturated carbocycles. The minimum atomic E-state index is -3.14. The molecule has 2 N–H and O–H groups in total. The average molecular weight is 392 g/mol. The Labute approximate surface area is 159 Å². The smallest absolute Gasteiger partial charge is 0.387 e. The van der Waals surface area contributed by atoms with E-state index in [-0.39, 0.29) is 12.1 Å². The molecule has 2 aromatic carbocycles. The monoisotopic (exact) mass is 392 g/mol. The van der Waals surface area contributed by atoms with E-state index in [1.165, 1.54) is 36.4 Å². The first kappa shape index (κ1) is 20.8. The third-order valence-electron chi connectivity index (χ3n) is 3.46. The molecule has 148 valence electrons. The molecule has 0 aliphatic rings. The van der Waals surface area contributed by atoms with Crippen molar-refractivity contribution >= 4 is 17.9 Å². The molecular weight excluding hydrogens is 374 g/mol. The number of carbonyl (C=O) groups excluding carboxylic acids is 3. The van der Waals surface area contributed by atoms with Crippen LogP contribution in [0.25, 0.3) is 0 Å². The van der Waals surface area contributed by atoms with Crippen molar-refractivity contribution in [1.29, 1.82) is 0 Å². The van der Waals surface area contributed by atoms with Crippen molar-refractivity contribution in [2.75, 3.05) is 6.54 Å². The van der Waals surface area contributed by atoms with E-state index in [0.717, 1.165) is 0 Å². The molecular formula is C19H18F2N2O5. The zero-order valence-corrected chi connectivity index (χ0v) is 14.9. The van der Waals surface area contributed by atoms with Crippen LogP contribution in [0.4, 0.5) is 13.6 Å². The second-order valence-corrected chi connectivity index (χ2v) is 5.42. The maximum Gasteiger partial charge on any atom is 0.387 e. The molecule has 2 aromatic rings. The molecule has 0 bridgehead atoms. The second-order valence-electron chi connectivity index (χ2n) is 5.42. The molecule has 0 saturated heterocycles. The van der Waals surface area contributed by atoms with Crippen molar-refractivity contribution in [2.24, 2.45) is 0 Å². The maximum absolute atomic E-state index is 12.6. The number of amides is 3. The summed E-state index contributed by atoms with van der Waals surface area (Å²) in [5.74, 6) is -2.34. The summed E-state index contributed by atoms with van der Waals surface area (Å²) in [5, 5.41) is 4.45. The zero-order valence-electron chi connectivity index (χ0n) is 14.9. The summed E-state index contributed by atoms with van der Waals surface area (Å²) in [6, 6.07) is 12.5. The quantitative estimate of drug-likeness (QED) is 0.707. The van der Waals surface area contributed by atoms with E-state index in [1.54, 1.807) is 25.1 Å². The summed E-state index contributed by atoms with van der Waals surface area (Å²) < 4.78 is 34.6. The highest BCUT2D eigenvalue weighted by Gasteiger charge is 2.28. The van der Waals surface area contributed by atoms with Gasteiger partial charge in [0, 0.05) is 12.1 Å². The lowest BCUT2D eigenvalue weighted by Gasteiger charge is -2.18. The second kappa shape index (κ2) is 10.0. The first-order chi connectivity index (χ1) is 13.4. The largest absolute Gasteiger partial charge is 0.444 e. The van der Waals surface area contributed by atoms with Gasteiger partial charge >= 0.3 is 18.6 Å². The van der Waals surface area contributed by atoms with Crippen LogP contribution in [0.3, 0.4) is 0 Å². The van der Waals surface area contributed by atoms with Crippen LogP contribution in [0.1, 0.15) is 28.9 Å². The summed E-state index contributed by atoms with van der Waals surface area (Å²) in [6.07, 6.45) is -1.48. The van der Waals surface area contributed by atoms with Crippen molar-refractivity contribution in [3.8, 4) is 5.75 Å². The van der Waals surface area contributed by atoms with Crippen molar-refractivity contribution in [2.45, 2.75) is 19.6 Å². The molecule has 3 amide bonds. The van der Waals surface area contributed by atoms with Crippen LogP contribution in [0.15, 0.2) is 54.6 Å². The fourth-order valence-corrected chi connectivity index (χ4v) is 2.29. The summed E-state index contributed by atoms with van der Waals surface area (Å²) in [4.78, 5) is 36.6. The molecule has 0 radical (unpaired) electrons. The van der Waals surface area contributed by atoms with Gasteiger partial charge in [-0.3, -0.25) is 10.1 Å². The van der Waals surface area contributed by atoms with Gasteiger partial charge < -0.3 is 14.8 Å². The molecule has 0 unspecified atom stereocenters. The maximum atomic E-state index is 12.6. The topological polar surface area (TPSA) is 93.7 Å². The summed E-state index contributed by atoms with van der Waals surface area (Å²) in [7, 11) is 0. The minimum Gasteiger partial charge on any atom is -0.444 e. The Morgan fingerprint density at radius 1 is 1.00 bits per heavy atom. The van der Waals surface area contributed by atoms with Gasteiger partial charge in [0.25, 0.3) is 5.91 Å². The van der Waals surface area contributed by atoms with Crippen LogP contribution in [-0.2, 0) is 9.53 Å². The Bertz CT molecular complexity index is 830. The van der Waals surface area contributed by atoms with Crippen LogP contribution in [0.2, 0.25) is 0 Å². The molecule has 28 heavy (non-hydrogen) atoms. The third kappa shape index (κ3) is 5.76. The van der Waals surface area contributed by atoms with Gasteiger partial charge in [0.1, 0.15) is 11.3 Å². The van der Waals surface area contributed by atoms with E-state index in [0.29, 0.717) is 5.56 Å². The fourth-order valence-electron chi connectivity index (χ4n) is 2.29. The summed E-state index contributed by atoms with van der Waals surface area (Å²) in [5.41, 5.74) is 0.0134. The SMILES string of the molecule is CCNC(=O)NC(=O)[C@@H](OC(=O)c1ccccc1OC(F)F)c1ccccc1. The van der Waals surface area contributed by atoms with E-state index in [4.69, 9.17) is 4.74 Å². The van der Waals surface area contributed by atoms with Crippen LogP contribution in [-0.4, -0.2) is 31.1 Å². The van der Waals surface area contributed by atoms with Crippen molar-refractivity contribution in [3.63, 3.8) is 0 Å². The van der Waals surface area contributed by atoms with E-state index < -0.39 is 36.4 Å². The van der Waals surface area contributed by atoms with Crippen LogP contribution in [0, 0.1) is 0 Å². The molecule has 0 fully saturated rings. The highest BCUT2D eigenvalue weighted by Crippen LogP contribution is 2.25. The molecule has 0 heterocycles. The van der Waals surface area contributed by atoms with Gasteiger partial charge in [-0.2, -0.15) is 8.78 Å². The Hall–Kier alpha value is -3.49. The normalized spacial score (nSPS) is 11.4. The van der Waals surface area contributed by atoms with Gasteiger partial charge in [-0.05, 0) is 19.1 Å². The number of para-hydroxylation sites is 1. The number of imide groups is 1. The number of nitrogens with one attached hydrogen (secondary N) is 2.